The monoisotopic (exact) mass is 269 g/mol. The standard InChI is InChI=1S/C16H15NO3/c18-12-11-15(13-7-3-1-4-8-13)17-16(19)20-14-9-5-2-6-10-14/h1-10,12,15H,11H2,(H,17,19)/t15-/m1/s1. The number of carbonyl (C=O) groups excluding carboxylic acids is 2. The van der Waals surface area contributed by atoms with Gasteiger partial charge in [0.25, 0.3) is 0 Å². The van der Waals surface area contributed by atoms with Crippen LogP contribution < -0.4 is 10.1 Å². The topological polar surface area (TPSA) is 55.4 Å². The maximum absolute atomic E-state index is 11.8. The third kappa shape index (κ3) is 3.95. The first-order valence-corrected chi connectivity index (χ1v) is 6.31. The van der Waals surface area contributed by atoms with Crippen LogP contribution in [0.5, 0.6) is 5.75 Å². The molecule has 2 aromatic rings. The Hall–Kier alpha value is -2.62. The summed E-state index contributed by atoms with van der Waals surface area (Å²) >= 11 is 0. The van der Waals surface area contributed by atoms with E-state index in [1.165, 1.54) is 0 Å². The second-order valence-corrected chi connectivity index (χ2v) is 4.21. The predicted molar refractivity (Wildman–Crippen MR) is 75.5 cm³/mol. The minimum absolute atomic E-state index is 0.202. The fourth-order valence-electron chi connectivity index (χ4n) is 1.83. The Bertz CT molecular complexity index is 554. The number of benzene rings is 2. The summed E-state index contributed by atoms with van der Waals surface area (Å²) in [6.45, 7) is 0. The average Bonchev–Trinajstić information content (AvgIpc) is 2.49. The molecule has 0 aliphatic carbocycles. The van der Waals surface area contributed by atoms with Gasteiger partial charge in [-0.05, 0) is 17.7 Å². The molecule has 4 heteroatoms. The average molecular weight is 269 g/mol. The molecule has 20 heavy (non-hydrogen) atoms. The summed E-state index contributed by atoms with van der Waals surface area (Å²) in [4.78, 5) is 22.6. The van der Waals surface area contributed by atoms with E-state index in [-0.39, 0.29) is 12.5 Å². The molecule has 0 saturated heterocycles. The molecule has 0 aliphatic rings. The van der Waals surface area contributed by atoms with Crippen LogP contribution in [0.1, 0.15) is 18.0 Å². The second kappa shape index (κ2) is 7.09. The molecule has 0 radical (unpaired) electrons. The van der Waals surface area contributed by atoms with E-state index in [0.29, 0.717) is 5.75 Å². The third-order valence-corrected chi connectivity index (χ3v) is 2.78. The molecule has 4 nitrogen and oxygen atoms in total. The van der Waals surface area contributed by atoms with Gasteiger partial charge in [-0.15, -0.1) is 0 Å². The molecule has 0 spiro atoms. The van der Waals surface area contributed by atoms with Gasteiger partial charge in [0.15, 0.2) is 0 Å². The number of amides is 1. The van der Waals surface area contributed by atoms with Gasteiger partial charge in [-0.3, -0.25) is 0 Å². The van der Waals surface area contributed by atoms with E-state index in [4.69, 9.17) is 4.74 Å². The van der Waals surface area contributed by atoms with Crippen LogP contribution in [0.15, 0.2) is 60.7 Å². The highest BCUT2D eigenvalue weighted by atomic mass is 16.6. The van der Waals surface area contributed by atoms with Crippen molar-refractivity contribution in [2.24, 2.45) is 0 Å². The summed E-state index contributed by atoms with van der Waals surface area (Å²) in [5.74, 6) is 0.461. The Kier molecular flexibility index (Phi) is 4.89. The smallest absolute Gasteiger partial charge is 0.410 e. The van der Waals surface area contributed by atoms with Crippen molar-refractivity contribution in [2.45, 2.75) is 12.5 Å². The van der Waals surface area contributed by atoms with Gasteiger partial charge in [0.2, 0.25) is 0 Å². The van der Waals surface area contributed by atoms with Crippen LogP contribution in [0, 0.1) is 0 Å². The number of carbonyl (C=O) groups is 2. The third-order valence-electron chi connectivity index (χ3n) is 2.78. The van der Waals surface area contributed by atoms with Crippen LogP contribution in [0.2, 0.25) is 0 Å². The van der Waals surface area contributed by atoms with Crippen LogP contribution >= 0.6 is 0 Å². The van der Waals surface area contributed by atoms with E-state index in [1.54, 1.807) is 24.3 Å². The van der Waals surface area contributed by atoms with E-state index in [9.17, 15) is 9.59 Å². The molecule has 0 aromatic heterocycles. The van der Waals surface area contributed by atoms with Gasteiger partial charge < -0.3 is 14.8 Å². The zero-order chi connectivity index (χ0) is 14.2. The summed E-state index contributed by atoms with van der Waals surface area (Å²) in [5, 5.41) is 2.69. The summed E-state index contributed by atoms with van der Waals surface area (Å²) < 4.78 is 5.15. The number of ether oxygens (including phenoxy) is 1. The molecular formula is C16H15NO3. The molecule has 0 unspecified atom stereocenters. The number of nitrogens with one attached hydrogen (secondary N) is 1. The Morgan fingerprint density at radius 1 is 1.05 bits per heavy atom. The van der Waals surface area contributed by atoms with Gasteiger partial charge in [0, 0.05) is 6.42 Å². The molecule has 1 amide bonds. The summed E-state index contributed by atoms with van der Waals surface area (Å²) in [5.41, 5.74) is 0.865. The molecule has 0 bridgehead atoms. The molecule has 0 aliphatic heterocycles. The molecule has 0 saturated carbocycles. The lowest BCUT2D eigenvalue weighted by Crippen LogP contribution is -2.31. The highest BCUT2D eigenvalue weighted by Gasteiger charge is 2.15. The van der Waals surface area contributed by atoms with E-state index in [1.807, 2.05) is 36.4 Å². The summed E-state index contributed by atoms with van der Waals surface area (Å²) in [6, 6.07) is 17.7. The van der Waals surface area contributed by atoms with Crippen molar-refractivity contribution >= 4 is 12.4 Å². The minimum atomic E-state index is -0.577. The highest BCUT2D eigenvalue weighted by Crippen LogP contribution is 2.16. The summed E-state index contributed by atoms with van der Waals surface area (Å²) in [6.07, 6.45) is 0.404. The molecular weight excluding hydrogens is 254 g/mol. The number of aldehydes is 1. The normalized spacial score (nSPS) is 11.4. The molecule has 102 valence electrons. The summed E-state index contributed by atoms with van der Waals surface area (Å²) in [7, 11) is 0. The maximum Gasteiger partial charge on any atom is 0.413 e. The molecule has 0 heterocycles. The van der Waals surface area contributed by atoms with Crippen LogP contribution in [-0.2, 0) is 4.79 Å². The van der Waals surface area contributed by atoms with Crippen molar-refractivity contribution in [1.82, 2.24) is 5.32 Å². The van der Waals surface area contributed by atoms with Gasteiger partial charge in [-0.1, -0.05) is 48.5 Å². The second-order valence-electron chi connectivity index (χ2n) is 4.21. The van der Waals surface area contributed by atoms with Gasteiger partial charge in [0.1, 0.15) is 12.0 Å². The Labute approximate surface area is 117 Å². The van der Waals surface area contributed by atoms with E-state index in [2.05, 4.69) is 5.32 Å². The molecule has 2 aromatic carbocycles. The lowest BCUT2D eigenvalue weighted by molar-refractivity contribution is -0.108. The molecule has 1 N–H and O–H groups in total. The molecule has 1 atom stereocenters. The fourth-order valence-corrected chi connectivity index (χ4v) is 1.83. The maximum atomic E-state index is 11.8. The Morgan fingerprint density at radius 3 is 2.25 bits per heavy atom. The van der Waals surface area contributed by atoms with Crippen molar-refractivity contribution < 1.29 is 14.3 Å². The van der Waals surface area contributed by atoms with E-state index in [0.717, 1.165) is 11.8 Å². The van der Waals surface area contributed by atoms with Crippen molar-refractivity contribution in [3.63, 3.8) is 0 Å². The van der Waals surface area contributed by atoms with E-state index < -0.39 is 6.09 Å². The SMILES string of the molecule is O=CC[C@@H](NC(=O)Oc1ccccc1)c1ccccc1. The number of hydrogen-bond acceptors (Lipinski definition) is 3. The van der Waals surface area contributed by atoms with Crippen LogP contribution in [0.3, 0.4) is 0 Å². The van der Waals surface area contributed by atoms with Crippen molar-refractivity contribution in [3.8, 4) is 5.75 Å². The first-order chi connectivity index (χ1) is 9.79. The quantitative estimate of drug-likeness (QED) is 0.848. The van der Waals surface area contributed by atoms with Crippen LogP contribution in [-0.4, -0.2) is 12.4 Å². The Morgan fingerprint density at radius 2 is 1.65 bits per heavy atom. The molecule has 2 rings (SSSR count). The fraction of sp³-hybridized carbons (Fsp3) is 0.125. The van der Waals surface area contributed by atoms with Gasteiger partial charge in [0.05, 0.1) is 6.04 Å². The lowest BCUT2D eigenvalue weighted by atomic mass is 10.1. The van der Waals surface area contributed by atoms with Gasteiger partial charge in [-0.25, -0.2) is 4.79 Å². The number of para-hydroxylation sites is 1. The first kappa shape index (κ1) is 13.8. The van der Waals surface area contributed by atoms with Crippen LogP contribution in [0.4, 0.5) is 4.79 Å². The van der Waals surface area contributed by atoms with Crippen molar-refractivity contribution in [3.05, 3.63) is 66.2 Å². The number of hydrogen-bond donors (Lipinski definition) is 1. The van der Waals surface area contributed by atoms with Crippen LogP contribution in [0.25, 0.3) is 0 Å². The molecule has 0 fully saturated rings. The van der Waals surface area contributed by atoms with Gasteiger partial charge >= 0.3 is 6.09 Å². The highest BCUT2D eigenvalue weighted by molar-refractivity contribution is 5.71. The Balaban J connectivity index is 2.01. The van der Waals surface area contributed by atoms with E-state index >= 15 is 0 Å². The zero-order valence-corrected chi connectivity index (χ0v) is 10.9. The van der Waals surface area contributed by atoms with Crippen molar-refractivity contribution in [2.75, 3.05) is 0 Å². The van der Waals surface area contributed by atoms with Crippen molar-refractivity contribution in [1.29, 1.82) is 0 Å². The number of rotatable bonds is 5. The lowest BCUT2D eigenvalue weighted by Gasteiger charge is -2.16. The zero-order valence-electron chi connectivity index (χ0n) is 10.9. The predicted octanol–water partition coefficient (Wildman–Crippen LogP) is 3.11. The minimum Gasteiger partial charge on any atom is -0.410 e. The first-order valence-electron chi connectivity index (χ1n) is 6.31. The van der Waals surface area contributed by atoms with Gasteiger partial charge in [-0.2, -0.15) is 0 Å². The largest absolute Gasteiger partial charge is 0.413 e.